The maximum atomic E-state index is 12.3. The molecule has 0 heterocycles. The lowest BCUT2D eigenvalue weighted by Crippen LogP contribution is -2.51. The Morgan fingerprint density at radius 1 is 1.12 bits per heavy atom. The van der Waals surface area contributed by atoms with Crippen LogP contribution in [0.1, 0.15) is 40.2 Å². The Morgan fingerprint density at radius 3 is 2.23 bits per heavy atom. The van der Waals surface area contributed by atoms with Crippen LogP contribution >= 0.6 is 0 Å². The molecule has 1 rings (SSSR count). The van der Waals surface area contributed by atoms with Crippen molar-refractivity contribution in [3.63, 3.8) is 0 Å². The Hall–Kier alpha value is -2.57. The van der Waals surface area contributed by atoms with E-state index in [4.69, 9.17) is 9.47 Å². The number of ether oxygens (including phenoxy) is 2. The van der Waals surface area contributed by atoms with Crippen molar-refractivity contribution in [1.82, 2.24) is 10.2 Å². The molecule has 0 radical (unpaired) electrons. The fourth-order valence-electron chi connectivity index (χ4n) is 1.91. The lowest BCUT2D eigenvalue weighted by molar-refractivity contribution is -0.149. The highest BCUT2D eigenvalue weighted by atomic mass is 16.6. The summed E-state index contributed by atoms with van der Waals surface area (Å²) in [6, 6.07) is 7.62. The van der Waals surface area contributed by atoms with E-state index < -0.39 is 35.7 Å². The summed E-state index contributed by atoms with van der Waals surface area (Å²) >= 11 is 0. The van der Waals surface area contributed by atoms with Gasteiger partial charge in [-0.25, -0.2) is 9.59 Å². The molecule has 1 aromatic carbocycles. The third-order valence-electron chi connectivity index (χ3n) is 3.58. The maximum Gasteiger partial charge on any atom is 0.410 e. The van der Waals surface area contributed by atoms with Crippen molar-refractivity contribution < 1.29 is 23.9 Å². The van der Waals surface area contributed by atoms with Crippen LogP contribution in [0.4, 0.5) is 4.79 Å². The quantitative estimate of drug-likeness (QED) is 0.784. The lowest BCUT2D eigenvalue weighted by atomic mass is 10.2. The van der Waals surface area contributed by atoms with Crippen molar-refractivity contribution in [3.05, 3.63) is 35.9 Å². The van der Waals surface area contributed by atoms with Crippen LogP contribution in [0.2, 0.25) is 0 Å². The molecule has 0 bridgehead atoms. The highest BCUT2D eigenvalue weighted by Crippen LogP contribution is 2.11. The van der Waals surface area contributed by atoms with Crippen molar-refractivity contribution in [2.45, 2.75) is 58.9 Å². The highest BCUT2D eigenvalue weighted by molar-refractivity contribution is 5.89. The van der Waals surface area contributed by atoms with Gasteiger partial charge in [0.25, 0.3) is 0 Å². The first kappa shape index (κ1) is 21.5. The number of hydrogen-bond donors (Lipinski definition) is 1. The summed E-state index contributed by atoms with van der Waals surface area (Å²) < 4.78 is 10.4. The molecule has 0 aliphatic heterocycles. The van der Waals surface area contributed by atoms with Crippen LogP contribution < -0.4 is 5.32 Å². The molecular weight excluding hydrogens is 336 g/mol. The van der Waals surface area contributed by atoms with Crippen molar-refractivity contribution in [1.29, 1.82) is 0 Å². The second-order valence-corrected chi connectivity index (χ2v) is 7.09. The van der Waals surface area contributed by atoms with Gasteiger partial charge >= 0.3 is 12.1 Å². The number of hydrogen-bond acceptors (Lipinski definition) is 5. The zero-order valence-electron chi connectivity index (χ0n) is 16.2. The molecule has 0 saturated carbocycles. The Labute approximate surface area is 154 Å². The summed E-state index contributed by atoms with van der Waals surface area (Å²) in [5.74, 6) is -1.02. The summed E-state index contributed by atoms with van der Waals surface area (Å²) in [5, 5.41) is 2.55. The van der Waals surface area contributed by atoms with Gasteiger partial charge in [-0.2, -0.15) is 0 Å². The minimum Gasteiger partial charge on any atom is -0.459 e. The van der Waals surface area contributed by atoms with E-state index in [1.165, 1.54) is 18.9 Å². The Morgan fingerprint density at radius 2 is 1.69 bits per heavy atom. The number of nitrogens with zero attached hydrogens (tertiary/aromatic N) is 1. The van der Waals surface area contributed by atoms with E-state index in [2.05, 4.69) is 5.32 Å². The molecule has 0 saturated heterocycles. The van der Waals surface area contributed by atoms with Gasteiger partial charge in [-0.3, -0.25) is 9.69 Å². The van der Waals surface area contributed by atoms with E-state index >= 15 is 0 Å². The predicted molar refractivity (Wildman–Crippen MR) is 97.3 cm³/mol. The van der Waals surface area contributed by atoms with Crippen LogP contribution in [-0.2, 0) is 25.7 Å². The molecule has 0 aromatic heterocycles. The monoisotopic (exact) mass is 364 g/mol. The summed E-state index contributed by atoms with van der Waals surface area (Å²) in [7, 11) is 1.47. The Kier molecular flexibility index (Phi) is 7.61. The average molecular weight is 364 g/mol. The second kappa shape index (κ2) is 9.22. The van der Waals surface area contributed by atoms with Crippen LogP contribution in [0.25, 0.3) is 0 Å². The zero-order valence-corrected chi connectivity index (χ0v) is 16.2. The van der Waals surface area contributed by atoms with Crippen molar-refractivity contribution in [2.24, 2.45) is 0 Å². The van der Waals surface area contributed by atoms with Gasteiger partial charge in [0.1, 0.15) is 24.3 Å². The molecule has 2 atom stereocenters. The first-order valence-electron chi connectivity index (χ1n) is 8.48. The fraction of sp³-hybridized carbons (Fsp3) is 0.526. The molecule has 0 aliphatic rings. The minimum absolute atomic E-state index is 0.132. The van der Waals surface area contributed by atoms with Crippen LogP contribution in [0.5, 0.6) is 0 Å². The first-order valence-corrected chi connectivity index (χ1v) is 8.48. The van der Waals surface area contributed by atoms with Crippen LogP contribution in [0.15, 0.2) is 30.3 Å². The van der Waals surface area contributed by atoms with Gasteiger partial charge in [0.05, 0.1) is 0 Å². The third-order valence-corrected chi connectivity index (χ3v) is 3.58. The molecule has 144 valence electrons. The van der Waals surface area contributed by atoms with Crippen LogP contribution in [0.3, 0.4) is 0 Å². The molecule has 0 fully saturated rings. The third kappa shape index (κ3) is 7.13. The molecule has 0 unspecified atom stereocenters. The largest absolute Gasteiger partial charge is 0.459 e. The van der Waals surface area contributed by atoms with Gasteiger partial charge in [0, 0.05) is 7.05 Å². The van der Waals surface area contributed by atoms with Crippen molar-refractivity contribution in [3.8, 4) is 0 Å². The normalized spacial score (nSPS) is 13.3. The Bertz CT molecular complexity index is 625. The molecule has 7 heteroatoms. The zero-order chi connectivity index (χ0) is 19.9. The number of carbonyl (C=O) groups is 3. The van der Waals surface area contributed by atoms with Gasteiger partial charge in [-0.05, 0) is 40.2 Å². The van der Waals surface area contributed by atoms with Gasteiger partial charge in [-0.15, -0.1) is 0 Å². The molecule has 0 aliphatic carbocycles. The summed E-state index contributed by atoms with van der Waals surface area (Å²) in [4.78, 5) is 37.5. The fourth-order valence-corrected chi connectivity index (χ4v) is 1.91. The van der Waals surface area contributed by atoms with E-state index in [1.54, 1.807) is 27.7 Å². The number of benzene rings is 1. The van der Waals surface area contributed by atoms with Gasteiger partial charge < -0.3 is 14.8 Å². The second-order valence-electron chi connectivity index (χ2n) is 7.09. The van der Waals surface area contributed by atoms with Gasteiger partial charge in [-0.1, -0.05) is 30.3 Å². The number of esters is 1. The average Bonchev–Trinajstić information content (AvgIpc) is 2.57. The van der Waals surface area contributed by atoms with Crippen LogP contribution in [0, 0.1) is 0 Å². The highest BCUT2D eigenvalue weighted by Gasteiger charge is 2.28. The van der Waals surface area contributed by atoms with Gasteiger partial charge in [0.15, 0.2) is 0 Å². The SMILES string of the molecule is C[C@H](NC(=O)[C@H](C)N(C)C(=O)OC(C)(C)C)C(=O)OCc1ccccc1. The molecule has 1 N–H and O–H groups in total. The van der Waals surface area contributed by atoms with E-state index in [9.17, 15) is 14.4 Å². The standard InChI is InChI=1S/C19H28N2O5/c1-13(17(23)25-12-15-10-8-7-9-11-15)20-16(22)14(2)21(6)18(24)26-19(3,4)5/h7-11,13-14H,12H2,1-6H3,(H,20,22)/t13-,14-/m0/s1. The summed E-state index contributed by atoms with van der Waals surface area (Å²) in [6.45, 7) is 8.46. The van der Waals surface area contributed by atoms with E-state index in [0.717, 1.165) is 5.56 Å². The molecule has 0 spiro atoms. The molecule has 26 heavy (non-hydrogen) atoms. The van der Waals surface area contributed by atoms with Crippen molar-refractivity contribution >= 4 is 18.0 Å². The molecule has 1 aromatic rings. The lowest BCUT2D eigenvalue weighted by Gasteiger charge is -2.28. The Balaban J connectivity index is 2.51. The topological polar surface area (TPSA) is 84.9 Å². The maximum absolute atomic E-state index is 12.3. The number of nitrogens with one attached hydrogen (secondary N) is 1. The summed E-state index contributed by atoms with van der Waals surface area (Å²) in [6.07, 6.45) is -0.612. The first-order chi connectivity index (χ1) is 12.0. The summed E-state index contributed by atoms with van der Waals surface area (Å²) in [5.41, 5.74) is 0.202. The molecular formula is C19H28N2O5. The number of amides is 2. The minimum atomic E-state index is -0.833. The van der Waals surface area contributed by atoms with Gasteiger partial charge in [0.2, 0.25) is 5.91 Å². The number of rotatable bonds is 6. The number of carbonyl (C=O) groups excluding carboxylic acids is 3. The molecule has 2 amide bonds. The van der Waals surface area contributed by atoms with Crippen molar-refractivity contribution in [2.75, 3.05) is 7.05 Å². The predicted octanol–water partition coefficient (Wildman–Crippen LogP) is 2.49. The smallest absolute Gasteiger partial charge is 0.410 e. The van der Waals surface area contributed by atoms with E-state index in [1.807, 2.05) is 30.3 Å². The van der Waals surface area contributed by atoms with E-state index in [-0.39, 0.29) is 6.61 Å². The number of likely N-dealkylation sites (N-methyl/N-ethyl adjacent to an activating group) is 1. The van der Waals surface area contributed by atoms with Crippen LogP contribution in [-0.4, -0.2) is 47.6 Å². The van der Waals surface area contributed by atoms with E-state index in [0.29, 0.717) is 0 Å². The molecule has 7 nitrogen and oxygen atoms in total.